The van der Waals surface area contributed by atoms with Crippen LogP contribution in [0.4, 0.5) is 18.9 Å². The number of benzene rings is 1. The summed E-state index contributed by atoms with van der Waals surface area (Å²) in [6.07, 6.45) is 0.601. The van der Waals surface area contributed by atoms with Crippen molar-refractivity contribution in [2.45, 2.75) is 25.5 Å². The van der Waals surface area contributed by atoms with Gasteiger partial charge in [-0.3, -0.25) is 0 Å². The minimum Gasteiger partial charge on any atom is -0.377 e. The van der Waals surface area contributed by atoms with E-state index in [-0.39, 0.29) is 17.8 Å². The van der Waals surface area contributed by atoms with Gasteiger partial charge >= 0.3 is 0 Å². The summed E-state index contributed by atoms with van der Waals surface area (Å²) in [5.41, 5.74) is -0.153. The van der Waals surface area contributed by atoms with E-state index in [0.717, 1.165) is 6.07 Å². The number of hydrogen-bond acceptors (Lipinski definition) is 2. The molecule has 0 aromatic heterocycles. The molecule has 16 heavy (non-hydrogen) atoms. The third-order valence-corrected chi connectivity index (χ3v) is 2.71. The van der Waals surface area contributed by atoms with Gasteiger partial charge in [0, 0.05) is 18.7 Å². The normalized spacial score (nSPS) is 24.8. The lowest BCUT2D eigenvalue weighted by Crippen LogP contribution is -2.27. The minimum atomic E-state index is -1.19. The molecule has 88 valence electrons. The van der Waals surface area contributed by atoms with E-state index in [1.807, 2.05) is 6.92 Å². The van der Waals surface area contributed by atoms with Crippen LogP contribution in [0.25, 0.3) is 0 Å². The lowest BCUT2D eigenvalue weighted by atomic mass is 10.1. The van der Waals surface area contributed by atoms with Crippen molar-refractivity contribution in [3.05, 3.63) is 29.6 Å². The van der Waals surface area contributed by atoms with Crippen LogP contribution < -0.4 is 5.32 Å². The van der Waals surface area contributed by atoms with Crippen LogP contribution in [0, 0.1) is 17.5 Å². The Hall–Kier alpha value is -1.23. The van der Waals surface area contributed by atoms with Gasteiger partial charge in [-0.2, -0.15) is 0 Å². The van der Waals surface area contributed by atoms with Gasteiger partial charge < -0.3 is 10.1 Å². The molecule has 1 saturated heterocycles. The molecule has 1 aliphatic heterocycles. The van der Waals surface area contributed by atoms with Crippen molar-refractivity contribution in [1.29, 1.82) is 0 Å². The molecule has 1 aliphatic rings. The smallest absolute Gasteiger partial charge is 0.182 e. The molecule has 1 fully saturated rings. The highest BCUT2D eigenvalue weighted by atomic mass is 19.2. The predicted octanol–water partition coefficient (Wildman–Crippen LogP) is 2.69. The Balaban J connectivity index is 2.20. The molecule has 2 atom stereocenters. The number of halogens is 3. The van der Waals surface area contributed by atoms with E-state index in [0.29, 0.717) is 19.1 Å². The van der Waals surface area contributed by atoms with Crippen LogP contribution in [0.2, 0.25) is 0 Å². The molecule has 0 amide bonds. The third kappa shape index (κ3) is 2.14. The Morgan fingerprint density at radius 3 is 2.69 bits per heavy atom. The predicted molar refractivity (Wildman–Crippen MR) is 53.8 cm³/mol. The molecule has 0 spiro atoms. The van der Waals surface area contributed by atoms with Gasteiger partial charge in [0.2, 0.25) is 0 Å². The van der Waals surface area contributed by atoms with Gasteiger partial charge in [-0.05, 0) is 13.3 Å². The van der Waals surface area contributed by atoms with E-state index >= 15 is 0 Å². The summed E-state index contributed by atoms with van der Waals surface area (Å²) in [5, 5.41) is 2.76. The van der Waals surface area contributed by atoms with Crippen LogP contribution in [-0.4, -0.2) is 18.8 Å². The van der Waals surface area contributed by atoms with Gasteiger partial charge in [0.15, 0.2) is 11.6 Å². The molecule has 5 heteroatoms. The molecule has 1 aromatic carbocycles. The highest BCUT2D eigenvalue weighted by Gasteiger charge is 2.25. The molecule has 0 aliphatic carbocycles. The molecule has 1 heterocycles. The Morgan fingerprint density at radius 1 is 1.31 bits per heavy atom. The SMILES string of the molecule is CC1OCCC1Nc1cc(F)cc(F)c1F. The molecule has 2 nitrogen and oxygen atoms in total. The van der Waals surface area contributed by atoms with Crippen LogP contribution in [0.5, 0.6) is 0 Å². The highest BCUT2D eigenvalue weighted by molar-refractivity contribution is 5.46. The second-order valence-corrected chi connectivity index (χ2v) is 3.86. The monoisotopic (exact) mass is 231 g/mol. The summed E-state index contributed by atoms with van der Waals surface area (Å²) in [7, 11) is 0. The van der Waals surface area contributed by atoms with Crippen molar-refractivity contribution in [3.63, 3.8) is 0 Å². The molecule has 2 rings (SSSR count). The van der Waals surface area contributed by atoms with Gasteiger partial charge in [0.1, 0.15) is 5.82 Å². The highest BCUT2D eigenvalue weighted by Crippen LogP contribution is 2.23. The zero-order valence-electron chi connectivity index (χ0n) is 8.77. The number of anilines is 1. The molecular weight excluding hydrogens is 219 g/mol. The number of nitrogens with one attached hydrogen (secondary N) is 1. The minimum absolute atomic E-state index is 0.0919. The zero-order valence-corrected chi connectivity index (χ0v) is 8.77. The fourth-order valence-electron chi connectivity index (χ4n) is 1.78. The van der Waals surface area contributed by atoms with Gasteiger partial charge in [-0.15, -0.1) is 0 Å². The maximum atomic E-state index is 13.3. The first kappa shape index (κ1) is 11.3. The molecule has 1 N–H and O–H groups in total. The largest absolute Gasteiger partial charge is 0.377 e. The van der Waals surface area contributed by atoms with Crippen molar-refractivity contribution >= 4 is 5.69 Å². The fraction of sp³-hybridized carbons (Fsp3) is 0.455. The first-order valence-corrected chi connectivity index (χ1v) is 5.10. The van der Waals surface area contributed by atoms with E-state index in [1.165, 1.54) is 0 Å². The Labute approximate surface area is 91.4 Å². The molecule has 2 unspecified atom stereocenters. The first-order chi connectivity index (χ1) is 7.58. The second kappa shape index (κ2) is 4.33. The Bertz CT molecular complexity index is 397. The van der Waals surface area contributed by atoms with Crippen LogP contribution in [-0.2, 0) is 4.74 Å². The third-order valence-electron chi connectivity index (χ3n) is 2.71. The van der Waals surface area contributed by atoms with Crippen molar-refractivity contribution in [2.24, 2.45) is 0 Å². The van der Waals surface area contributed by atoms with E-state index in [9.17, 15) is 13.2 Å². The van der Waals surface area contributed by atoms with Crippen LogP contribution in [0.1, 0.15) is 13.3 Å². The number of rotatable bonds is 2. The molecule has 0 radical (unpaired) electrons. The maximum absolute atomic E-state index is 13.3. The van der Waals surface area contributed by atoms with Crippen LogP contribution in [0.3, 0.4) is 0 Å². The topological polar surface area (TPSA) is 21.3 Å². The van der Waals surface area contributed by atoms with E-state index in [4.69, 9.17) is 4.74 Å². The molecular formula is C11H12F3NO. The lowest BCUT2D eigenvalue weighted by molar-refractivity contribution is 0.121. The fourth-order valence-corrected chi connectivity index (χ4v) is 1.78. The van der Waals surface area contributed by atoms with Crippen molar-refractivity contribution in [2.75, 3.05) is 11.9 Å². The molecule has 1 aromatic rings. The van der Waals surface area contributed by atoms with E-state index in [1.54, 1.807) is 0 Å². The van der Waals surface area contributed by atoms with Gasteiger partial charge in [0.25, 0.3) is 0 Å². The zero-order chi connectivity index (χ0) is 11.7. The van der Waals surface area contributed by atoms with E-state index in [2.05, 4.69) is 5.32 Å². The summed E-state index contributed by atoms with van der Waals surface area (Å²) >= 11 is 0. The Morgan fingerprint density at radius 2 is 2.06 bits per heavy atom. The molecule has 0 bridgehead atoms. The van der Waals surface area contributed by atoms with Crippen molar-refractivity contribution < 1.29 is 17.9 Å². The van der Waals surface area contributed by atoms with Gasteiger partial charge in [-0.1, -0.05) is 0 Å². The van der Waals surface area contributed by atoms with Crippen LogP contribution in [0.15, 0.2) is 12.1 Å². The summed E-state index contributed by atoms with van der Waals surface area (Å²) < 4.78 is 44.4. The summed E-state index contributed by atoms with van der Waals surface area (Å²) in [6, 6.07) is 1.36. The quantitative estimate of drug-likeness (QED) is 0.790. The second-order valence-electron chi connectivity index (χ2n) is 3.86. The lowest BCUT2D eigenvalue weighted by Gasteiger charge is -2.17. The average molecular weight is 231 g/mol. The molecule has 0 saturated carbocycles. The summed E-state index contributed by atoms with van der Waals surface area (Å²) in [5.74, 6) is -3.04. The number of ether oxygens (including phenoxy) is 1. The van der Waals surface area contributed by atoms with Gasteiger partial charge in [-0.25, -0.2) is 13.2 Å². The van der Waals surface area contributed by atoms with E-state index < -0.39 is 17.5 Å². The summed E-state index contributed by atoms with van der Waals surface area (Å²) in [6.45, 7) is 2.40. The van der Waals surface area contributed by atoms with Crippen LogP contribution >= 0.6 is 0 Å². The Kier molecular flexibility index (Phi) is 3.05. The number of hydrogen-bond donors (Lipinski definition) is 1. The first-order valence-electron chi connectivity index (χ1n) is 5.10. The van der Waals surface area contributed by atoms with Gasteiger partial charge in [0.05, 0.1) is 17.8 Å². The average Bonchev–Trinajstić information content (AvgIpc) is 2.60. The standard InChI is InChI=1S/C11H12F3NO/c1-6-9(2-3-16-6)15-10-5-7(12)4-8(13)11(10)14/h4-6,9,15H,2-3H2,1H3. The summed E-state index contributed by atoms with van der Waals surface area (Å²) in [4.78, 5) is 0. The van der Waals surface area contributed by atoms with Crippen molar-refractivity contribution in [3.8, 4) is 0 Å². The van der Waals surface area contributed by atoms with Crippen molar-refractivity contribution in [1.82, 2.24) is 0 Å². The maximum Gasteiger partial charge on any atom is 0.182 e.